The fourth-order valence-corrected chi connectivity index (χ4v) is 3.83. The Labute approximate surface area is 150 Å². The highest BCUT2D eigenvalue weighted by Gasteiger charge is 2.65. The minimum absolute atomic E-state index is 0.245. The van der Waals surface area contributed by atoms with Crippen LogP contribution in [0.5, 0.6) is 0 Å². The first kappa shape index (κ1) is 17.5. The molecule has 4 N–H and O–H groups in total. The number of nitrogen functional groups attached to an aromatic ring is 1. The van der Waals surface area contributed by atoms with Crippen molar-refractivity contribution < 1.29 is 19.3 Å². The Kier molecular flexibility index (Phi) is 4.26. The molecule has 0 radical (unpaired) electrons. The molecule has 5 atom stereocenters. The van der Waals surface area contributed by atoms with Gasteiger partial charge in [-0.25, -0.2) is 4.98 Å². The molecule has 2 aromatic heterocycles. The number of aromatic nitrogens is 3. The largest absolute Gasteiger partial charge is 0.390 e. The number of aliphatic hydroxyl groups excluding tert-OH is 1. The lowest BCUT2D eigenvalue weighted by atomic mass is 9.93. The molecule has 0 amide bonds. The predicted molar refractivity (Wildman–Crippen MR) is 93.7 cm³/mol. The molecule has 142 valence electrons. The molecule has 4 rings (SSSR count). The molecule has 2 fully saturated rings. The molecule has 1 unspecified atom stereocenters. The summed E-state index contributed by atoms with van der Waals surface area (Å²) in [5, 5.41) is 10.4. The number of unbranched alkanes of at least 4 members (excludes halogenated alkanes) is 1. The maximum atomic E-state index is 12.0. The first-order valence-electron chi connectivity index (χ1n) is 8.92. The van der Waals surface area contributed by atoms with Gasteiger partial charge in [-0.05, 0) is 13.3 Å². The number of fused-ring (bicyclic) bond motifs is 3. The second-order valence-electron chi connectivity index (χ2n) is 7.00. The maximum absolute atomic E-state index is 12.0. The molecule has 2 bridgehead atoms. The first-order valence-corrected chi connectivity index (χ1v) is 8.92. The molecule has 0 aliphatic carbocycles. The summed E-state index contributed by atoms with van der Waals surface area (Å²) in [7, 11) is 0. The van der Waals surface area contributed by atoms with Crippen molar-refractivity contribution in [2.24, 2.45) is 0 Å². The highest BCUT2D eigenvalue weighted by Crippen LogP contribution is 2.48. The van der Waals surface area contributed by atoms with E-state index in [0.29, 0.717) is 12.1 Å². The molecular weight excluding hydrogens is 340 g/mol. The Morgan fingerprint density at radius 3 is 3.15 bits per heavy atom. The maximum Gasteiger partial charge on any atom is 0.277 e. The van der Waals surface area contributed by atoms with Gasteiger partial charge < -0.3 is 34.6 Å². The number of aromatic amines is 1. The number of aliphatic hydroxyl groups is 1. The second kappa shape index (κ2) is 6.34. The van der Waals surface area contributed by atoms with Gasteiger partial charge in [-0.15, -0.1) is 0 Å². The van der Waals surface area contributed by atoms with Crippen LogP contribution in [0, 0.1) is 0 Å². The van der Waals surface area contributed by atoms with E-state index in [1.54, 1.807) is 17.6 Å². The minimum atomic E-state index is -0.938. The van der Waals surface area contributed by atoms with Crippen molar-refractivity contribution in [2.75, 3.05) is 18.9 Å². The van der Waals surface area contributed by atoms with E-state index in [0.717, 1.165) is 12.8 Å². The number of H-pyrrole nitrogens is 1. The van der Waals surface area contributed by atoms with Gasteiger partial charge in [-0.3, -0.25) is 4.79 Å². The van der Waals surface area contributed by atoms with Gasteiger partial charge in [0.25, 0.3) is 5.56 Å². The van der Waals surface area contributed by atoms with Gasteiger partial charge in [-0.2, -0.15) is 0 Å². The standard InChI is InChI=1S/C17H24N4O5/c1-3-4-5-24-14-13-16(26-17(14,7-25-13)9(2)22)21-8-19-12-10(21)6-11(18)20-15(12)23/h6,8-9,13-14,16,22H,3-5,7H2,1-2H3,(H3,18,20,23)/t9?,13-,14+,16-,17-/m1/s1. The van der Waals surface area contributed by atoms with Gasteiger partial charge >= 0.3 is 0 Å². The van der Waals surface area contributed by atoms with E-state index >= 15 is 0 Å². The van der Waals surface area contributed by atoms with E-state index in [2.05, 4.69) is 16.9 Å². The number of nitrogens with two attached hydrogens (primary N) is 1. The molecule has 2 saturated heterocycles. The zero-order valence-electron chi connectivity index (χ0n) is 14.8. The van der Waals surface area contributed by atoms with E-state index in [-0.39, 0.29) is 23.5 Å². The average Bonchev–Trinajstić information content (AvgIpc) is 3.25. The molecule has 9 heteroatoms. The number of hydrogen-bond acceptors (Lipinski definition) is 7. The van der Waals surface area contributed by atoms with Crippen LogP contribution in [0.4, 0.5) is 5.82 Å². The number of rotatable bonds is 6. The quantitative estimate of drug-likeness (QED) is 0.639. The van der Waals surface area contributed by atoms with Crippen LogP contribution < -0.4 is 11.3 Å². The number of imidazole rings is 1. The van der Waals surface area contributed by atoms with E-state index in [4.69, 9.17) is 19.9 Å². The Morgan fingerprint density at radius 1 is 1.62 bits per heavy atom. The topological polar surface area (TPSA) is 125 Å². The summed E-state index contributed by atoms with van der Waals surface area (Å²) < 4.78 is 20.0. The molecule has 0 aromatic carbocycles. The number of anilines is 1. The van der Waals surface area contributed by atoms with Crippen molar-refractivity contribution in [3.05, 3.63) is 22.7 Å². The molecule has 2 aliphatic heterocycles. The summed E-state index contributed by atoms with van der Waals surface area (Å²) in [6, 6.07) is 1.64. The minimum Gasteiger partial charge on any atom is -0.390 e. The lowest BCUT2D eigenvalue weighted by Crippen LogP contribution is -2.50. The van der Waals surface area contributed by atoms with Crippen molar-refractivity contribution in [1.82, 2.24) is 14.5 Å². The summed E-state index contributed by atoms with van der Waals surface area (Å²) in [5.41, 5.74) is 5.31. The van der Waals surface area contributed by atoms with E-state index in [1.807, 2.05) is 0 Å². The predicted octanol–water partition coefficient (Wildman–Crippen LogP) is 0.539. The fraction of sp³-hybridized carbons (Fsp3) is 0.647. The molecule has 0 spiro atoms. The molecule has 2 aromatic rings. The molecule has 9 nitrogen and oxygen atoms in total. The lowest BCUT2D eigenvalue weighted by Gasteiger charge is -2.34. The van der Waals surface area contributed by atoms with Gasteiger partial charge in [0.15, 0.2) is 11.7 Å². The third-order valence-corrected chi connectivity index (χ3v) is 5.28. The number of nitrogens with zero attached hydrogens (tertiary/aromatic N) is 2. The van der Waals surface area contributed by atoms with Crippen LogP contribution in [0.1, 0.15) is 32.9 Å². The van der Waals surface area contributed by atoms with Gasteiger partial charge in [-0.1, -0.05) is 13.3 Å². The van der Waals surface area contributed by atoms with Crippen LogP contribution in [-0.4, -0.2) is 56.8 Å². The zero-order valence-corrected chi connectivity index (χ0v) is 14.8. The van der Waals surface area contributed by atoms with E-state index in [1.165, 1.54) is 6.33 Å². The Morgan fingerprint density at radius 2 is 2.42 bits per heavy atom. The summed E-state index contributed by atoms with van der Waals surface area (Å²) in [5.74, 6) is 0.245. The van der Waals surface area contributed by atoms with Gasteiger partial charge in [0, 0.05) is 12.7 Å². The normalized spacial score (nSPS) is 31.7. The van der Waals surface area contributed by atoms with Gasteiger partial charge in [0.2, 0.25) is 0 Å². The number of ether oxygens (including phenoxy) is 3. The van der Waals surface area contributed by atoms with Crippen LogP contribution in [0.15, 0.2) is 17.2 Å². The highest BCUT2D eigenvalue weighted by atomic mass is 16.7. The molecule has 2 aliphatic rings. The number of hydrogen-bond donors (Lipinski definition) is 3. The van der Waals surface area contributed by atoms with Crippen molar-refractivity contribution in [3.8, 4) is 0 Å². The Bertz CT molecular complexity index is 862. The molecular formula is C17H24N4O5. The fourth-order valence-electron chi connectivity index (χ4n) is 3.83. The molecule has 26 heavy (non-hydrogen) atoms. The lowest BCUT2D eigenvalue weighted by molar-refractivity contribution is -0.206. The monoisotopic (exact) mass is 364 g/mol. The van der Waals surface area contributed by atoms with Crippen LogP contribution in [0.3, 0.4) is 0 Å². The van der Waals surface area contributed by atoms with Crippen molar-refractivity contribution >= 4 is 16.9 Å². The average molecular weight is 364 g/mol. The van der Waals surface area contributed by atoms with Crippen LogP contribution in [0.25, 0.3) is 11.0 Å². The summed E-state index contributed by atoms with van der Waals surface area (Å²) in [6.45, 7) is 4.60. The summed E-state index contributed by atoms with van der Waals surface area (Å²) in [6.07, 6.45) is 1.34. The Hall–Kier alpha value is -1.94. The van der Waals surface area contributed by atoms with Crippen LogP contribution >= 0.6 is 0 Å². The third-order valence-electron chi connectivity index (χ3n) is 5.28. The van der Waals surface area contributed by atoms with E-state index < -0.39 is 30.1 Å². The zero-order chi connectivity index (χ0) is 18.5. The van der Waals surface area contributed by atoms with Crippen LogP contribution in [-0.2, 0) is 14.2 Å². The number of nitrogens with one attached hydrogen (secondary N) is 1. The van der Waals surface area contributed by atoms with Crippen molar-refractivity contribution in [3.63, 3.8) is 0 Å². The Balaban J connectivity index is 1.72. The smallest absolute Gasteiger partial charge is 0.277 e. The highest BCUT2D eigenvalue weighted by molar-refractivity contribution is 5.76. The van der Waals surface area contributed by atoms with Crippen molar-refractivity contribution in [2.45, 2.75) is 56.8 Å². The van der Waals surface area contributed by atoms with Gasteiger partial charge in [0.05, 0.1) is 24.6 Å². The van der Waals surface area contributed by atoms with E-state index in [9.17, 15) is 9.90 Å². The van der Waals surface area contributed by atoms with Crippen molar-refractivity contribution in [1.29, 1.82) is 0 Å². The molecule has 0 saturated carbocycles. The molecule has 4 heterocycles. The van der Waals surface area contributed by atoms with Crippen LogP contribution in [0.2, 0.25) is 0 Å². The third kappa shape index (κ3) is 2.46. The summed E-state index contributed by atoms with van der Waals surface area (Å²) >= 11 is 0. The van der Waals surface area contributed by atoms with Gasteiger partial charge in [0.1, 0.15) is 23.6 Å². The summed E-state index contributed by atoms with van der Waals surface area (Å²) in [4.78, 5) is 18.8. The number of pyridine rings is 1. The second-order valence-corrected chi connectivity index (χ2v) is 7.00. The first-order chi connectivity index (χ1) is 12.5. The SMILES string of the molecule is CCCCO[C@H]1[C@H]2OC[C@]1(C(C)O)O[C@H]2n1cnc2c(=O)[nH]c(N)cc21.